The molecule has 1 aromatic rings. The zero-order valence-electron chi connectivity index (χ0n) is 10.2. The van der Waals surface area contributed by atoms with Gasteiger partial charge in [-0.1, -0.05) is 11.6 Å². The summed E-state index contributed by atoms with van der Waals surface area (Å²) in [6.45, 7) is 1.72. The molecule has 3 N–H and O–H groups in total. The van der Waals surface area contributed by atoms with Crippen molar-refractivity contribution in [3.8, 4) is 0 Å². The summed E-state index contributed by atoms with van der Waals surface area (Å²) in [4.78, 5) is 23.1. The van der Waals surface area contributed by atoms with Gasteiger partial charge in [0.1, 0.15) is 0 Å². The van der Waals surface area contributed by atoms with Gasteiger partial charge in [0.25, 0.3) is 0 Å². The molecule has 0 spiro atoms. The highest BCUT2D eigenvalue weighted by molar-refractivity contribution is 6.31. The number of nitrogens with one attached hydrogen (secondary N) is 1. The second-order valence-electron chi connectivity index (χ2n) is 3.91. The number of halogens is 1. The largest absolute Gasteiger partial charge is 0.465 e. The molecule has 6 heteroatoms. The van der Waals surface area contributed by atoms with Crippen LogP contribution in [0.4, 0.5) is 5.69 Å². The van der Waals surface area contributed by atoms with E-state index in [9.17, 15) is 9.59 Å². The molecule has 0 bridgehead atoms. The molecule has 1 amide bonds. The summed E-state index contributed by atoms with van der Waals surface area (Å²) in [5, 5.41) is 3.00. The van der Waals surface area contributed by atoms with Crippen LogP contribution in [0, 0.1) is 0 Å². The first kappa shape index (κ1) is 14.5. The smallest absolute Gasteiger partial charge is 0.340 e. The molecule has 0 fully saturated rings. The van der Waals surface area contributed by atoms with Gasteiger partial charge in [-0.3, -0.25) is 4.79 Å². The average molecular weight is 271 g/mol. The maximum absolute atomic E-state index is 11.6. The predicted octanol–water partition coefficient (Wildman–Crippen LogP) is 1.80. The summed E-state index contributed by atoms with van der Waals surface area (Å²) in [6.07, 6.45) is 0.170. The lowest BCUT2D eigenvalue weighted by molar-refractivity contribution is -0.116. The van der Waals surface area contributed by atoms with Gasteiger partial charge in [-0.05, 0) is 25.1 Å². The topological polar surface area (TPSA) is 81.4 Å². The van der Waals surface area contributed by atoms with Gasteiger partial charge in [0.05, 0.1) is 18.4 Å². The minimum Gasteiger partial charge on any atom is -0.465 e. The third kappa shape index (κ3) is 4.01. The van der Waals surface area contributed by atoms with E-state index in [0.717, 1.165) is 0 Å². The van der Waals surface area contributed by atoms with E-state index in [0.29, 0.717) is 10.7 Å². The maximum atomic E-state index is 11.6. The fraction of sp³-hybridized carbons (Fsp3) is 0.333. The Bertz CT molecular complexity index is 461. The van der Waals surface area contributed by atoms with E-state index in [1.807, 2.05) is 0 Å². The molecule has 0 saturated heterocycles. The van der Waals surface area contributed by atoms with E-state index < -0.39 is 5.97 Å². The molecule has 18 heavy (non-hydrogen) atoms. The quantitative estimate of drug-likeness (QED) is 0.818. The number of esters is 1. The summed E-state index contributed by atoms with van der Waals surface area (Å²) >= 11 is 5.80. The van der Waals surface area contributed by atoms with Crippen LogP contribution in [0.2, 0.25) is 5.02 Å². The van der Waals surface area contributed by atoms with Crippen LogP contribution in [-0.2, 0) is 9.53 Å². The summed E-state index contributed by atoms with van der Waals surface area (Å²) in [7, 11) is 1.26. The van der Waals surface area contributed by atoms with E-state index in [1.54, 1.807) is 19.1 Å². The summed E-state index contributed by atoms with van der Waals surface area (Å²) < 4.78 is 4.62. The van der Waals surface area contributed by atoms with Crippen LogP contribution in [0.25, 0.3) is 0 Å². The highest BCUT2D eigenvalue weighted by Gasteiger charge is 2.15. The van der Waals surface area contributed by atoms with Gasteiger partial charge in [0.15, 0.2) is 0 Å². The van der Waals surface area contributed by atoms with Crippen LogP contribution < -0.4 is 11.1 Å². The van der Waals surface area contributed by atoms with Crippen LogP contribution >= 0.6 is 11.6 Å². The first-order valence-electron chi connectivity index (χ1n) is 5.37. The Morgan fingerprint density at radius 2 is 2.17 bits per heavy atom. The first-order chi connectivity index (χ1) is 8.43. The zero-order chi connectivity index (χ0) is 13.7. The number of nitrogens with two attached hydrogens (primary N) is 1. The van der Waals surface area contributed by atoms with Crippen molar-refractivity contribution >= 4 is 29.2 Å². The Kier molecular flexibility index (Phi) is 5.12. The molecule has 0 aliphatic rings. The van der Waals surface area contributed by atoms with Gasteiger partial charge in [-0.15, -0.1) is 0 Å². The standard InChI is InChI=1S/C12H15ClN2O3/c1-7(14)5-11(16)15-10-4-3-8(13)6-9(10)12(17)18-2/h3-4,6-7H,5,14H2,1-2H3,(H,15,16). The van der Waals surface area contributed by atoms with E-state index in [1.165, 1.54) is 13.2 Å². The number of rotatable bonds is 4. The molecule has 98 valence electrons. The molecular weight excluding hydrogens is 256 g/mol. The Hall–Kier alpha value is -1.59. The molecule has 1 aromatic carbocycles. The molecule has 0 aliphatic heterocycles. The predicted molar refractivity (Wildman–Crippen MR) is 69.7 cm³/mol. The van der Waals surface area contributed by atoms with Crippen molar-refractivity contribution in [2.24, 2.45) is 5.73 Å². The fourth-order valence-electron chi connectivity index (χ4n) is 1.40. The molecule has 0 saturated carbocycles. The maximum Gasteiger partial charge on any atom is 0.340 e. The van der Waals surface area contributed by atoms with Crippen molar-refractivity contribution < 1.29 is 14.3 Å². The molecule has 1 rings (SSSR count). The van der Waals surface area contributed by atoms with Crippen molar-refractivity contribution in [1.82, 2.24) is 0 Å². The second kappa shape index (κ2) is 6.37. The second-order valence-corrected chi connectivity index (χ2v) is 4.35. The van der Waals surface area contributed by atoms with Crippen LogP contribution in [0.15, 0.2) is 18.2 Å². The molecule has 0 aromatic heterocycles. The van der Waals surface area contributed by atoms with Crippen molar-refractivity contribution in [3.63, 3.8) is 0 Å². The summed E-state index contributed by atoms with van der Waals surface area (Å²) in [5.41, 5.74) is 6.09. The lowest BCUT2D eigenvalue weighted by Gasteiger charge is -2.11. The van der Waals surface area contributed by atoms with Crippen molar-refractivity contribution in [2.75, 3.05) is 12.4 Å². The minimum absolute atomic E-state index is 0.170. The number of carbonyl (C=O) groups excluding carboxylic acids is 2. The number of amides is 1. The first-order valence-corrected chi connectivity index (χ1v) is 5.75. The van der Waals surface area contributed by atoms with E-state index in [2.05, 4.69) is 10.1 Å². The molecule has 1 unspecified atom stereocenters. The number of benzene rings is 1. The number of hydrogen-bond acceptors (Lipinski definition) is 4. The highest BCUT2D eigenvalue weighted by atomic mass is 35.5. The Balaban J connectivity index is 2.94. The number of carbonyl (C=O) groups is 2. The molecule has 0 aliphatic carbocycles. The van der Waals surface area contributed by atoms with Gasteiger partial charge in [-0.2, -0.15) is 0 Å². The third-order valence-corrected chi connectivity index (χ3v) is 2.40. The van der Waals surface area contributed by atoms with E-state index in [-0.39, 0.29) is 23.9 Å². The molecule has 5 nitrogen and oxygen atoms in total. The third-order valence-electron chi connectivity index (χ3n) is 2.17. The van der Waals surface area contributed by atoms with Crippen molar-refractivity contribution in [2.45, 2.75) is 19.4 Å². The van der Waals surface area contributed by atoms with E-state index in [4.69, 9.17) is 17.3 Å². The molecule has 1 atom stereocenters. The lowest BCUT2D eigenvalue weighted by Crippen LogP contribution is -2.24. The number of methoxy groups -OCH3 is 1. The van der Waals surface area contributed by atoms with Crippen LogP contribution in [0.5, 0.6) is 0 Å². The van der Waals surface area contributed by atoms with Crippen LogP contribution in [0.3, 0.4) is 0 Å². The van der Waals surface area contributed by atoms with Crippen LogP contribution in [0.1, 0.15) is 23.7 Å². The summed E-state index contributed by atoms with van der Waals surface area (Å²) in [6, 6.07) is 4.32. The van der Waals surface area contributed by atoms with Gasteiger partial charge >= 0.3 is 5.97 Å². The number of hydrogen-bond donors (Lipinski definition) is 2. The minimum atomic E-state index is -0.561. The molecule has 0 heterocycles. The Labute approximate surface area is 110 Å². The van der Waals surface area contributed by atoms with E-state index >= 15 is 0 Å². The average Bonchev–Trinajstić information content (AvgIpc) is 2.29. The zero-order valence-corrected chi connectivity index (χ0v) is 11.0. The SMILES string of the molecule is COC(=O)c1cc(Cl)ccc1NC(=O)CC(C)N. The van der Waals surface area contributed by atoms with Gasteiger partial charge in [0, 0.05) is 17.5 Å². The Morgan fingerprint density at radius 3 is 2.72 bits per heavy atom. The monoisotopic (exact) mass is 270 g/mol. The van der Waals surface area contributed by atoms with Gasteiger partial charge in [-0.25, -0.2) is 4.79 Å². The molecular formula is C12H15ClN2O3. The van der Waals surface area contributed by atoms with Crippen molar-refractivity contribution in [1.29, 1.82) is 0 Å². The van der Waals surface area contributed by atoms with Crippen LogP contribution in [-0.4, -0.2) is 25.0 Å². The van der Waals surface area contributed by atoms with Gasteiger partial charge < -0.3 is 15.8 Å². The number of anilines is 1. The number of ether oxygens (including phenoxy) is 1. The fourth-order valence-corrected chi connectivity index (χ4v) is 1.57. The lowest BCUT2D eigenvalue weighted by atomic mass is 10.1. The van der Waals surface area contributed by atoms with Crippen molar-refractivity contribution in [3.05, 3.63) is 28.8 Å². The van der Waals surface area contributed by atoms with Gasteiger partial charge in [0.2, 0.25) is 5.91 Å². The Morgan fingerprint density at radius 1 is 1.50 bits per heavy atom. The summed E-state index contributed by atoms with van der Waals surface area (Å²) in [5.74, 6) is -0.828. The molecule has 0 radical (unpaired) electrons. The highest BCUT2D eigenvalue weighted by Crippen LogP contribution is 2.21. The normalized spacial score (nSPS) is 11.8.